The van der Waals surface area contributed by atoms with Gasteiger partial charge in [0, 0.05) is 7.05 Å². The van der Waals surface area contributed by atoms with E-state index in [0.29, 0.717) is 0 Å². The molecule has 0 saturated heterocycles. The number of nitrogens with two attached hydrogens (primary N) is 1. The molecular formula is C21H21F2N3O2. The second-order valence-electron chi connectivity index (χ2n) is 7.32. The SMILES string of the molecule is CC1CCc2ccc(-c3cccc(OC(F)F)c3)cc2C12N=C(N)N(C)C2=O. The van der Waals surface area contributed by atoms with Gasteiger partial charge in [0.15, 0.2) is 11.5 Å². The highest BCUT2D eigenvalue weighted by Crippen LogP contribution is 2.47. The van der Waals surface area contributed by atoms with Gasteiger partial charge >= 0.3 is 6.61 Å². The maximum atomic E-state index is 13.1. The molecule has 1 spiro atoms. The van der Waals surface area contributed by atoms with E-state index in [-0.39, 0.29) is 23.5 Å². The van der Waals surface area contributed by atoms with Gasteiger partial charge in [0.1, 0.15) is 5.75 Å². The summed E-state index contributed by atoms with van der Waals surface area (Å²) in [5.74, 6) is 0.166. The van der Waals surface area contributed by atoms with Crippen molar-refractivity contribution in [2.24, 2.45) is 16.6 Å². The van der Waals surface area contributed by atoms with Crippen LogP contribution in [0, 0.1) is 5.92 Å². The first-order valence-corrected chi connectivity index (χ1v) is 9.15. The fourth-order valence-corrected chi connectivity index (χ4v) is 4.19. The highest BCUT2D eigenvalue weighted by Gasteiger charge is 2.54. The molecule has 7 heteroatoms. The van der Waals surface area contributed by atoms with Gasteiger partial charge in [-0.15, -0.1) is 0 Å². The Morgan fingerprint density at radius 2 is 2.00 bits per heavy atom. The van der Waals surface area contributed by atoms with E-state index in [0.717, 1.165) is 35.1 Å². The van der Waals surface area contributed by atoms with Crippen LogP contribution in [0.3, 0.4) is 0 Å². The number of benzene rings is 2. The van der Waals surface area contributed by atoms with Crippen LogP contribution in [0.4, 0.5) is 8.78 Å². The van der Waals surface area contributed by atoms with Gasteiger partial charge in [0.2, 0.25) is 0 Å². The van der Waals surface area contributed by atoms with Gasteiger partial charge in [0.25, 0.3) is 5.91 Å². The van der Waals surface area contributed by atoms with E-state index < -0.39 is 12.2 Å². The van der Waals surface area contributed by atoms with Crippen molar-refractivity contribution in [3.05, 3.63) is 53.6 Å². The normalized spacial score (nSPS) is 23.9. The second kappa shape index (κ2) is 6.58. The summed E-state index contributed by atoms with van der Waals surface area (Å²) in [5, 5.41) is 0. The Balaban J connectivity index is 1.83. The zero-order valence-electron chi connectivity index (χ0n) is 15.7. The van der Waals surface area contributed by atoms with Crippen molar-refractivity contribution < 1.29 is 18.3 Å². The van der Waals surface area contributed by atoms with Gasteiger partial charge in [-0.1, -0.05) is 31.2 Å². The number of hydrogen-bond donors (Lipinski definition) is 1. The zero-order chi connectivity index (χ0) is 20.1. The van der Waals surface area contributed by atoms with E-state index in [1.54, 1.807) is 19.2 Å². The molecule has 2 aromatic rings. The first kappa shape index (κ1) is 18.4. The summed E-state index contributed by atoms with van der Waals surface area (Å²) in [6.45, 7) is -0.868. The molecule has 2 atom stereocenters. The van der Waals surface area contributed by atoms with Crippen molar-refractivity contribution in [2.45, 2.75) is 31.9 Å². The number of carbonyl (C=O) groups is 1. The molecule has 2 aliphatic rings. The third-order valence-electron chi connectivity index (χ3n) is 5.74. The van der Waals surface area contributed by atoms with Crippen molar-refractivity contribution in [3.8, 4) is 16.9 Å². The van der Waals surface area contributed by atoms with Crippen LogP contribution in [0.5, 0.6) is 5.75 Å². The lowest BCUT2D eigenvalue weighted by atomic mass is 9.69. The molecule has 1 amide bonds. The molecule has 1 heterocycles. The summed E-state index contributed by atoms with van der Waals surface area (Å²) in [7, 11) is 1.63. The van der Waals surface area contributed by atoms with Gasteiger partial charge < -0.3 is 10.5 Å². The number of aliphatic imine (C=N–C) groups is 1. The molecule has 2 aromatic carbocycles. The maximum absolute atomic E-state index is 13.1. The van der Waals surface area contributed by atoms with E-state index in [2.05, 4.69) is 9.73 Å². The number of guanidine groups is 1. The zero-order valence-corrected chi connectivity index (χ0v) is 15.7. The largest absolute Gasteiger partial charge is 0.435 e. The Hall–Kier alpha value is -2.96. The molecule has 0 saturated carbocycles. The molecule has 2 unspecified atom stereocenters. The lowest BCUT2D eigenvalue weighted by Gasteiger charge is -2.37. The van der Waals surface area contributed by atoms with Gasteiger partial charge in [0.05, 0.1) is 0 Å². The molecule has 1 aliphatic carbocycles. The number of likely N-dealkylation sites (N-methyl/N-ethyl adjacent to an activating group) is 1. The van der Waals surface area contributed by atoms with Gasteiger partial charge in [-0.25, -0.2) is 4.99 Å². The van der Waals surface area contributed by atoms with Crippen LogP contribution >= 0.6 is 0 Å². The number of nitrogens with zero attached hydrogens (tertiary/aromatic N) is 2. The van der Waals surface area contributed by atoms with Crippen LogP contribution in [0.15, 0.2) is 47.5 Å². The van der Waals surface area contributed by atoms with Crippen molar-refractivity contribution >= 4 is 11.9 Å². The number of rotatable bonds is 3. The Labute approximate surface area is 161 Å². The highest BCUT2D eigenvalue weighted by molar-refractivity contribution is 6.07. The number of aryl methyl sites for hydroxylation is 1. The summed E-state index contributed by atoms with van der Waals surface area (Å²) < 4.78 is 29.6. The van der Waals surface area contributed by atoms with Crippen LogP contribution in [0.25, 0.3) is 11.1 Å². The van der Waals surface area contributed by atoms with Crippen LogP contribution in [-0.4, -0.2) is 30.4 Å². The van der Waals surface area contributed by atoms with Crippen LogP contribution in [0.2, 0.25) is 0 Å². The van der Waals surface area contributed by atoms with Gasteiger partial charge in [-0.2, -0.15) is 8.78 Å². The first-order valence-electron chi connectivity index (χ1n) is 9.15. The van der Waals surface area contributed by atoms with Crippen molar-refractivity contribution in [1.29, 1.82) is 0 Å². The minimum atomic E-state index is -2.88. The third kappa shape index (κ3) is 2.73. The van der Waals surface area contributed by atoms with E-state index in [1.807, 2.05) is 31.2 Å². The minimum Gasteiger partial charge on any atom is -0.435 e. The number of alkyl halides is 2. The quantitative estimate of drug-likeness (QED) is 0.879. The van der Waals surface area contributed by atoms with Crippen LogP contribution in [-0.2, 0) is 16.8 Å². The van der Waals surface area contributed by atoms with Gasteiger partial charge in [-0.3, -0.25) is 9.69 Å². The topological polar surface area (TPSA) is 67.9 Å². The molecule has 4 rings (SSSR count). The fourth-order valence-electron chi connectivity index (χ4n) is 4.19. The summed E-state index contributed by atoms with van der Waals surface area (Å²) >= 11 is 0. The van der Waals surface area contributed by atoms with E-state index in [1.165, 1.54) is 11.0 Å². The summed E-state index contributed by atoms with van der Waals surface area (Å²) in [6.07, 6.45) is 1.68. The highest BCUT2D eigenvalue weighted by atomic mass is 19.3. The molecule has 146 valence electrons. The van der Waals surface area contributed by atoms with Gasteiger partial charge in [-0.05, 0) is 59.2 Å². The maximum Gasteiger partial charge on any atom is 0.387 e. The Morgan fingerprint density at radius 1 is 1.25 bits per heavy atom. The lowest BCUT2D eigenvalue weighted by Crippen LogP contribution is -2.46. The molecular weight excluding hydrogens is 364 g/mol. The molecule has 0 aromatic heterocycles. The number of halogens is 2. The van der Waals surface area contributed by atoms with E-state index in [4.69, 9.17) is 5.73 Å². The van der Waals surface area contributed by atoms with E-state index >= 15 is 0 Å². The monoisotopic (exact) mass is 385 g/mol. The molecule has 0 bridgehead atoms. The number of carbonyl (C=O) groups excluding carboxylic acids is 1. The van der Waals surface area contributed by atoms with Crippen molar-refractivity contribution in [1.82, 2.24) is 4.90 Å². The number of hydrogen-bond acceptors (Lipinski definition) is 4. The molecule has 5 nitrogen and oxygen atoms in total. The molecule has 2 N–H and O–H groups in total. The summed E-state index contributed by atoms with van der Waals surface area (Å²) in [5.41, 5.74) is 8.38. The molecule has 28 heavy (non-hydrogen) atoms. The average Bonchev–Trinajstić information content (AvgIpc) is 2.89. The Bertz CT molecular complexity index is 976. The van der Waals surface area contributed by atoms with E-state index in [9.17, 15) is 13.6 Å². The van der Waals surface area contributed by atoms with Crippen LogP contribution < -0.4 is 10.5 Å². The minimum absolute atomic E-state index is 0.000230. The predicted molar refractivity (Wildman–Crippen MR) is 102 cm³/mol. The Morgan fingerprint density at radius 3 is 2.68 bits per heavy atom. The number of amides is 1. The number of fused-ring (bicyclic) bond motifs is 2. The van der Waals surface area contributed by atoms with Crippen molar-refractivity contribution in [2.75, 3.05) is 7.05 Å². The smallest absolute Gasteiger partial charge is 0.387 e. The summed E-state index contributed by atoms with van der Waals surface area (Å²) in [4.78, 5) is 19.1. The van der Waals surface area contributed by atoms with Crippen LogP contribution in [0.1, 0.15) is 24.5 Å². The molecule has 0 radical (unpaired) electrons. The lowest BCUT2D eigenvalue weighted by molar-refractivity contribution is -0.132. The molecule has 1 aliphatic heterocycles. The summed E-state index contributed by atoms with van der Waals surface area (Å²) in [6, 6.07) is 12.4. The predicted octanol–water partition coefficient (Wildman–Crippen LogP) is 3.52. The first-order chi connectivity index (χ1) is 13.3. The fraction of sp³-hybridized carbons (Fsp3) is 0.333. The van der Waals surface area contributed by atoms with Crippen molar-refractivity contribution in [3.63, 3.8) is 0 Å². The molecule has 0 fully saturated rings. The Kier molecular flexibility index (Phi) is 4.33. The standard InChI is InChI=1S/C21H21F2N3O2/c1-12-6-7-13-8-9-15(14-4-3-5-16(10-14)28-19(22)23)11-17(13)21(12)18(27)26(2)20(24)25-21/h3-5,8-12,19H,6-7H2,1-2H3,(H2,24,25). The number of ether oxygens (including phenoxy) is 1. The second-order valence-corrected chi connectivity index (χ2v) is 7.32. The average molecular weight is 385 g/mol. The third-order valence-corrected chi connectivity index (χ3v) is 5.74.